The Balaban J connectivity index is 1.84. The van der Waals surface area contributed by atoms with Crippen molar-refractivity contribution >= 4 is 5.91 Å². The largest absolute Gasteiger partial charge is 0.346 e. The molecular formula is C17H17NO2. The molecule has 1 amide bonds. The van der Waals surface area contributed by atoms with Crippen LogP contribution in [0.5, 0.6) is 0 Å². The summed E-state index contributed by atoms with van der Waals surface area (Å²) in [6, 6.07) is 8.59. The zero-order valence-electron chi connectivity index (χ0n) is 11.3. The maximum absolute atomic E-state index is 12.8. The lowest BCUT2D eigenvalue weighted by atomic mass is 9.62. The minimum Gasteiger partial charge on any atom is -0.346 e. The third kappa shape index (κ3) is 1.06. The summed E-state index contributed by atoms with van der Waals surface area (Å²) in [5.74, 6) is 1.36. The van der Waals surface area contributed by atoms with Crippen molar-refractivity contribution in [2.24, 2.45) is 11.8 Å². The van der Waals surface area contributed by atoms with Crippen molar-refractivity contribution in [3.05, 3.63) is 47.7 Å². The molecular weight excluding hydrogens is 250 g/mol. The highest BCUT2D eigenvalue weighted by Crippen LogP contribution is 2.61. The number of ether oxygens (including phenoxy) is 1. The van der Waals surface area contributed by atoms with Crippen molar-refractivity contribution < 1.29 is 9.53 Å². The summed E-state index contributed by atoms with van der Waals surface area (Å²) in [6.07, 6.45) is 7.16. The maximum atomic E-state index is 12.8. The van der Waals surface area contributed by atoms with E-state index in [-0.39, 0.29) is 11.8 Å². The molecule has 0 N–H and O–H groups in total. The highest BCUT2D eigenvalue weighted by Gasteiger charge is 2.64. The highest BCUT2D eigenvalue weighted by molar-refractivity contribution is 5.85. The monoisotopic (exact) mass is 267 g/mol. The predicted molar refractivity (Wildman–Crippen MR) is 73.6 cm³/mol. The van der Waals surface area contributed by atoms with Crippen LogP contribution in [-0.2, 0) is 15.3 Å². The van der Waals surface area contributed by atoms with Crippen LogP contribution in [-0.4, -0.2) is 17.4 Å². The van der Waals surface area contributed by atoms with Crippen LogP contribution in [0.25, 0.3) is 0 Å². The summed E-state index contributed by atoms with van der Waals surface area (Å²) in [7, 11) is 0. The second-order valence-corrected chi connectivity index (χ2v) is 6.41. The topological polar surface area (TPSA) is 29.5 Å². The molecule has 0 unspecified atom stereocenters. The number of benzene rings is 1. The van der Waals surface area contributed by atoms with E-state index in [1.807, 2.05) is 17.2 Å². The molecule has 2 aliphatic heterocycles. The molecule has 1 saturated heterocycles. The van der Waals surface area contributed by atoms with Crippen LogP contribution >= 0.6 is 0 Å². The van der Waals surface area contributed by atoms with E-state index in [1.54, 1.807) is 0 Å². The van der Waals surface area contributed by atoms with Crippen LogP contribution in [0, 0.1) is 11.8 Å². The number of rotatable bonds is 0. The van der Waals surface area contributed by atoms with E-state index in [2.05, 4.69) is 24.3 Å². The summed E-state index contributed by atoms with van der Waals surface area (Å²) >= 11 is 0. The molecule has 0 radical (unpaired) electrons. The Hall–Kier alpha value is -1.61. The van der Waals surface area contributed by atoms with Crippen molar-refractivity contribution in [3.8, 4) is 0 Å². The molecule has 3 nitrogen and oxygen atoms in total. The normalized spacial score (nSPS) is 40.5. The van der Waals surface area contributed by atoms with Crippen LogP contribution in [0.3, 0.4) is 0 Å². The maximum Gasteiger partial charge on any atom is 0.232 e. The van der Waals surface area contributed by atoms with Gasteiger partial charge in [-0.05, 0) is 36.8 Å². The first-order valence-corrected chi connectivity index (χ1v) is 7.55. The van der Waals surface area contributed by atoms with Gasteiger partial charge in [-0.2, -0.15) is 0 Å². The van der Waals surface area contributed by atoms with Gasteiger partial charge in [0.1, 0.15) is 0 Å². The van der Waals surface area contributed by atoms with Gasteiger partial charge in [-0.15, -0.1) is 0 Å². The van der Waals surface area contributed by atoms with Crippen LogP contribution in [0.1, 0.15) is 36.3 Å². The fraction of sp³-hybridized carbons (Fsp3) is 0.471. The average Bonchev–Trinajstić information content (AvgIpc) is 2.80. The van der Waals surface area contributed by atoms with Gasteiger partial charge >= 0.3 is 0 Å². The van der Waals surface area contributed by atoms with E-state index in [1.165, 1.54) is 11.1 Å². The lowest BCUT2D eigenvalue weighted by Crippen LogP contribution is -2.51. The number of hydrogen-bond donors (Lipinski definition) is 0. The third-order valence-electron chi connectivity index (χ3n) is 5.71. The second-order valence-electron chi connectivity index (χ2n) is 6.41. The first-order chi connectivity index (χ1) is 9.82. The Bertz CT molecular complexity index is 638. The van der Waals surface area contributed by atoms with Crippen LogP contribution in [0.2, 0.25) is 0 Å². The summed E-state index contributed by atoms with van der Waals surface area (Å²) in [5, 5.41) is 0. The smallest absolute Gasteiger partial charge is 0.232 e. The Morgan fingerprint density at radius 1 is 1.25 bits per heavy atom. The van der Waals surface area contributed by atoms with Crippen molar-refractivity contribution in [2.75, 3.05) is 6.61 Å². The lowest BCUT2D eigenvalue weighted by molar-refractivity contribution is -0.173. The lowest BCUT2D eigenvalue weighted by Gasteiger charge is -2.50. The minimum atomic E-state index is -0.510. The summed E-state index contributed by atoms with van der Waals surface area (Å²) in [6.45, 7) is 0.603. The molecule has 2 bridgehead atoms. The number of nitrogens with zero attached hydrogens (tertiary/aromatic N) is 1. The molecule has 1 aromatic carbocycles. The highest BCUT2D eigenvalue weighted by atomic mass is 16.5. The molecule has 1 aromatic rings. The molecule has 20 heavy (non-hydrogen) atoms. The number of fused-ring (bicyclic) bond motifs is 3. The third-order valence-corrected chi connectivity index (χ3v) is 5.71. The number of amides is 1. The van der Waals surface area contributed by atoms with Crippen molar-refractivity contribution in [3.63, 3.8) is 0 Å². The molecule has 2 heterocycles. The molecule has 4 aliphatic rings. The fourth-order valence-electron chi connectivity index (χ4n) is 4.97. The molecule has 2 fully saturated rings. The Morgan fingerprint density at radius 2 is 2.15 bits per heavy atom. The molecule has 0 aromatic heterocycles. The average molecular weight is 267 g/mol. The summed E-state index contributed by atoms with van der Waals surface area (Å²) in [5.41, 5.74) is 2.13. The van der Waals surface area contributed by atoms with Gasteiger partial charge in [-0.1, -0.05) is 24.3 Å². The molecule has 2 aliphatic carbocycles. The molecule has 1 spiro atoms. The van der Waals surface area contributed by atoms with Gasteiger partial charge in [0.05, 0.1) is 6.61 Å². The Labute approximate surface area is 118 Å². The van der Waals surface area contributed by atoms with Crippen LogP contribution in [0.4, 0.5) is 0 Å². The Kier molecular flexibility index (Phi) is 1.96. The van der Waals surface area contributed by atoms with Gasteiger partial charge in [0, 0.05) is 23.6 Å². The number of carbonyl (C=O) groups is 1. The zero-order chi connectivity index (χ0) is 13.3. The van der Waals surface area contributed by atoms with Crippen molar-refractivity contribution in [1.82, 2.24) is 4.90 Å². The summed E-state index contributed by atoms with van der Waals surface area (Å²) in [4.78, 5) is 14.7. The Morgan fingerprint density at radius 3 is 3.10 bits per heavy atom. The zero-order valence-corrected chi connectivity index (χ0v) is 11.3. The molecule has 1 saturated carbocycles. The van der Waals surface area contributed by atoms with Crippen molar-refractivity contribution in [2.45, 2.75) is 30.9 Å². The minimum absolute atomic E-state index is 0.155. The standard InChI is InChI=1S/C17H17NO2/c19-16-13-7-6-11-10-15(13)17(18(16)8-3-9-20-17)14-5-2-1-4-12(11)14/h1-5,8,11,13,15H,6-7,9-10H2/t11-,13+,15-,17+/m1/s1. The second kappa shape index (κ2) is 3.53. The van der Waals surface area contributed by atoms with Crippen LogP contribution in [0.15, 0.2) is 36.5 Å². The van der Waals surface area contributed by atoms with Crippen molar-refractivity contribution in [1.29, 1.82) is 0 Å². The van der Waals surface area contributed by atoms with E-state index >= 15 is 0 Å². The number of hydrogen-bond acceptors (Lipinski definition) is 2. The fourth-order valence-corrected chi connectivity index (χ4v) is 4.97. The quantitative estimate of drug-likeness (QED) is 0.723. The van der Waals surface area contributed by atoms with Gasteiger partial charge in [0.25, 0.3) is 0 Å². The summed E-state index contributed by atoms with van der Waals surface area (Å²) < 4.78 is 6.26. The van der Waals surface area contributed by atoms with Gasteiger partial charge < -0.3 is 4.74 Å². The van der Waals surface area contributed by atoms with Gasteiger partial charge in [0.2, 0.25) is 5.91 Å². The molecule has 5 rings (SSSR count). The van der Waals surface area contributed by atoms with Gasteiger partial charge in [-0.25, -0.2) is 0 Å². The molecule has 102 valence electrons. The SMILES string of the molecule is O=C1[C@H]2CC[C@@H]3C[C@H]2[C@@]2(OCC=CN12)c1ccccc13. The van der Waals surface area contributed by atoms with Crippen LogP contribution < -0.4 is 0 Å². The predicted octanol–water partition coefficient (Wildman–Crippen LogP) is 2.74. The van der Waals surface area contributed by atoms with Gasteiger partial charge in [0.15, 0.2) is 5.72 Å². The number of carbonyl (C=O) groups excluding carboxylic acids is 1. The first kappa shape index (κ1) is 11.1. The molecule has 3 heteroatoms. The first-order valence-electron chi connectivity index (χ1n) is 7.55. The van der Waals surface area contributed by atoms with E-state index < -0.39 is 5.72 Å². The van der Waals surface area contributed by atoms with E-state index in [9.17, 15) is 4.79 Å². The van der Waals surface area contributed by atoms with Gasteiger partial charge in [-0.3, -0.25) is 9.69 Å². The van der Waals surface area contributed by atoms with E-state index in [0.29, 0.717) is 18.4 Å². The molecule has 4 atom stereocenters. The van der Waals surface area contributed by atoms with E-state index in [0.717, 1.165) is 19.3 Å². The van der Waals surface area contributed by atoms with E-state index in [4.69, 9.17) is 4.74 Å².